The van der Waals surface area contributed by atoms with Crippen LogP contribution in [0.5, 0.6) is 0 Å². The lowest BCUT2D eigenvalue weighted by Gasteiger charge is -2.07. The number of hydrogen-bond donors (Lipinski definition) is 2. The number of hydrogen-bond acceptors (Lipinski definition) is 5. The summed E-state index contributed by atoms with van der Waals surface area (Å²) in [7, 11) is -1.68. The van der Waals surface area contributed by atoms with Crippen molar-refractivity contribution in [1.29, 1.82) is 0 Å². The van der Waals surface area contributed by atoms with E-state index in [-0.39, 0.29) is 12.1 Å². The number of nitrogens with zero attached hydrogens (tertiary/aromatic N) is 1. The number of aryl methyl sites for hydroxylation is 1. The Morgan fingerprint density at radius 3 is 2.80 bits per heavy atom. The Hall–Kier alpha value is -1.28. The third kappa shape index (κ3) is 4.11. The molecule has 0 atom stereocenters. The highest BCUT2D eigenvalue weighted by atomic mass is 32.1. The van der Waals surface area contributed by atoms with Crippen LogP contribution in [0.3, 0.4) is 0 Å². The van der Waals surface area contributed by atoms with Gasteiger partial charge in [-0.05, 0) is 30.1 Å². The number of rotatable bonds is 6. The van der Waals surface area contributed by atoms with Crippen molar-refractivity contribution in [2.24, 2.45) is 0 Å². The summed E-state index contributed by atoms with van der Waals surface area (Å²) in [6.07, 6.45) is 0.765. The van der Waals surface area contributed by atoms with Gasteiger partial charge in [0.25, 0.3) is 0 Å². The van der Waals surface area contributed by atoms with E-state index in [1.807, 2.05) is 6.92 Å². The van der Waals surface area contributed by atoms with Crippen molar-refractivity contribution in [1.82, 2.24) is 4.98 Å². The molecule has 2 N–H and O–H groups in total. The molecule has 0 unspecified atom stereocenters. The monoisotopic (exact) mass is 295 g/mol. The van der Waals surface area contributed by atoms with E-state index in [4.69, 9.17) is 14.8 Å². The lowest BCUT2D eigenvalue weighted by atomic mass is 9.79. The molecule has 0 amide bonds. The Labute approximate surface area is 121 Å². The van der Waals surface area contributed by atoms with Crippen molar-refractivity contribution in [3.05, 3.63) is 45.7 Å². The topological polar surface area (TPSA) is 62.6 Å². The van der Waals surface area contributed by atoms with E-state index < -0.39 is 12.9 Å². The van der Waals surface area contributed by atoms with E-state index in [1.54, 1.807) is 16.8 Å². The zero-order chi connectivity index (χ0) is 14.5. The average Bonchev–Trinajstić information content (AvgIpc) is 2.80. The Morgan fingerprint density at radius 2 is 2.15 bits per heavy atom. The number of aromatic nitrogens is 1. The normalized spacial score (nSPS) is 10.8. The third-order valence-electron chi connectivity index (χ3n) is 2.87. The van der Waals surface area contributed by atoms with Gasteiger partial charge in [-0.2, -0.15) is 0 Å². The molecule has 0 saturated carbocycles. The fourth-order valence-corrected chi connectivity index (χ4v) is 2.59. The predicted molar refractivity (Wildman–Crippen MR) is 76.4 cm³/mol. The molecule has 0 aliphatic rings. The largest absolute Gasteiger partial charge is 0.488 e. The molecule has 20 heavy (non-hydrogen) atoms. The van der Waals surface area contributed by atoms with Crippen LogP contribution in [0.15, 0.2) is 23.7 Å². The van der Waals surface area contributed by atoms with Crippen molar-refractivity contribution in [3.63, 3.8) is 0 Å². The SMILES string of the molecule is Cc1ncsc1CCOCc1cc(F)cc(B(O)O)c1. The van der Waals surface area contributed by atoms with Crippen LogP contribution < -0.4 is 5.46 Å². The minimum Gasteiger partial charge on any atom is -0.423 e. The summed E-state index contributed by atoms with van der Waals surface area (Å²) in [5.41, 5.74) is 3.51. The summed E-state index contributed by atoms with van der Waals surface area (Å²) in [6, 6.07) is 3.93. The first-order chi connectivity index (χ1) is 9.56. The fourth-order valence-electron chi connectivity index (χ4n) is 1.83. The second kappa shape index (κ2) is 6.94. The van der Waals surface area contributed by atoms with Gasteiger partial charge in [-0.15, -0.1) is 11.3 Å². The lowest BCUT2D eigenvalue weighted by molar-refractivity contribution is 0.124. The molecule has 0 saturated heterocycles. The number of benzene rings is 1. The van der Waals surface area contributed by atoms with E-state index in [1.165, 1.54) is 17.0 Å². The second-order valence-electron chi connectivity index (χ2n) is 4.43. The molecule has 106 valence electrons. The molecule has 0 fully saturated rings. The summed E-state index contributed by atoms with van der Waals surface area (Å²) in [5, 5.41) is 18.1. The number of ether oxygens (including phenoxy) is 1. The number of thiazole rings is 1. The van der Waals surface area contributed by atoms with Crippen LogP contribution in [-0.2, 0) is 17.8 Å². The van der Waals surface area contributed by atoms with Crippen molar-refractivity contribution >= 4 is 23.9 Å². The van der Waals surface area contributed by atoms with Gasteiger partial charge in [0.2, 0.25) is 0 Å². The molecule has 4 nitrogen and oxygen atoms in total. The minimum absolute atomic E-state index is 0.127. The van der Waals surface area contributed by atoms with Crippen molar-refractivity contribution in [2.75, 3.05) is 6.61 Å². The van der Waals surface area contributed by atoms with Crippen LogP contribution in [0, 0.1) is 12.7 Å². The molecule has 1 aromatic carbocycles. The molecule has 0 aliphatic heterocycles. The van der Waals surface area contributed by atoms with Crippen LogP contribution in [-0.4, -0.2) is 28.8 Å². The van der Waals surface area contributed by atoms with Gasteiger partial charge < -0.3 is 14.8 Å². The first-order valence-electron chi connectivity index (χ1n) is 6.18. The molecular formula is C13H15BFNO3S. The summed E-state index contributed by atoms with van der Waals surface area (Å²) in [5.74, 6) is -0.507. The first kappa shape index (κ1) is 15.1. The van der Waals surface area contributed by atoms with Crippen LogP contribution in [0.2, 0.25) is 0 Å². The maximum atomic E-state index is 13.3. The van der Waals surface area contributed by atoms with Crippen LogP contribution in [0.25, 0.3) is 0 Å². The van der Waals surface area contributed by atoms with Gasteiger partial charge in [0.05, 0.1) is 24.4 Å². The van der Waals surface area contributed by atoms with Gasteiger partial charge in [-0.25, -0.2) is 9.37 Å². The first-order valence-corrected chi connectivity index (χ1v) is 7.06. The van der Waals surface area contributed by atoms with Crippen molar-refractivity contribution in [2.45, 2.75) is 20.0 Å². The molecule has 7 heteroatoms. The highest BCUT2D eigenvalue weighted by molar-refractivity contribution is 7.09. The summed E-state index contributed by atoms with van der Waals surface area (Å²) in [4.78, 5) is 5.33. The molecule has 2 rings (SSSR count). The second-order valence-corrected chi connectivity index (χ2v) is 5.37. The van der Waals surface area contributed by atoms with Gasteiger partial charge in [0, 0.05) is 11.3 Å². The summed E-state index contributed by atoms with van der Waals surface area (Å²) < 4.78 is 18.8. The molecule has 0 radical (unpaired) electrons. The van der Waals surface area contributed by atoms with E-state index >= 15 is 0 Å². The fraction of sp³-hybridized carbons (Fsp3) is 0.308. The Bertz CT molecular complexity index is 576. The van der Waals surface area contributed by atoms with Crippen LogP contribution in [0.1, 0.15) is 16.1 Å². The highest BCUT2D eigenvalue weighted by Crippen LogP contribution is 2.13. The molecule has 0 bridgehead atoms. The lowest BCUT2D eigenvalue weighted by Crippen LogP contribution is -2.30. The molecule has 1 heterocycles. The zero-order valence-electron chi connectivity index (χ0n) is 11.0. The Morgan fingerprint density at radius 1 is 1.35 bits per heavy atom. The quantitative estimate of drug-likeness (QED) is 0.617. The molecule has 2 aromatic rings. The van der Waals surface area contributed by atoms with E-state index in [0.29, 0.717) is 12.2 Å². The Balaban J connectivity index is 1.86. The standard InChI is InChI=1S/C13H15BFNO3S/c1-9-13(20-8-16-9)2-3-19-7-10-4-11(14(17)18)6-12(15)5-10/h4-6,8,17-18H,2-3,7H2,1H3. The van der Waals surface area contributed by atoms with Crippen LogP contribution in [0.4, 0.5) is 4.39 Å². The summed E-state index contributed by atoms with van der Waals surface area (Å²) in [6.45, 7) is 2.69. The maximum absolute atomic E-state index is 13.3. The molecular weight excluding hydrogens is 280 g/mol. The molecule has 0 aliphatic carbocycles. The maximum Gasteiger partial charge on any atom is 0.488 e. The van der Waals surface area contributed by atoms with Gasteiger partial charge in [-0.1, -0.05) is 6.07 Å². The molecule has 0 spiro atoms. The van der Waals surface area contributed by atoms with Gasteiger partial charge in [-0.3, -0.25) is 0 Å². The van der Waals surface area contributed by atoms with Crippen molar-refractivity contribution in [3.8, 4) is 0 Å². The van der Waals surface area contributed by atoms with E-state index in [0.717, 1.165) is 18.2 Å². The summed E-state index contributed by atoms with van der Waals surface area (Å²) >= 11 is 1.59. The Kier molecular flexibility index (Phi) is 5.25. The van der Waals surface area contributed by atoms with E-state index in [2.05, 4.69) is 4.98 Å². The predicted octanol–water partition coefficient (Wildman–Crippen LogP) is 1.03. The minimum atomic E-state index is -1.68. The van der Waals surface area contributed by atoms with Gasteiger partial charge in [0.1, 0.15) is 5.82 Å². The average molecular weight is 295 g/mol. The van der Waals surface area contributed by atoms with E-state index in [9.17, 15) is 4.39 Å². The zero-order valence-corrected chi connectivity index (χ0v) is 11.9. The van der Waals surface area contributed by atoms with Crippen molar-refractivity contribution < 1.29 is 19.2 Å². The van der Waals surface area contributed by atoms with Gasteiger partial charge in [0.15, 0.2) is 0 Å². The van der Waals surface area contributed by atoms with Crippen LogP contribution >= 0.6 is 11.3 Å². The van der Waals surface area contributed by atoms with Gasteiger partial charge >= 0.3 is 7.12 Å². The number of halogens is 1. The molecule has 1 aromatic heterocycles. The smallest absolute Gasteiger partial charge is 0.423 e. The third-order valence-corrected chi connectivity index (χ3v) is 3.86. The highest BCUT2D eigenvalue weighted by Gasteiger charge is 2.13.